The van der Waals surface area contributed by atoms with Gasteiger partial charge in [-0.2, -0.15) is 5.26 Å². The lowest BCUT2D eigenvalue weighted by molar-refractivity contribution is -0.122. The van der Waals surface area contributed by atoms with Crippen molar-refractivity contribution >= 4 is 39.0 Å². The summed E-state index contributed by atoms with van der Waals surface area (Å²) < 4.78 is 1.12. The molecule has 164 valence electrons. The maximum absolute atomic E-state index is 12.9. The van der Waals surface area contributed by atoms with Gasteiger partial charge in [0.1, 0.15) is 12.6 Å². The predicted molar refractivity (Wildman–Crippen MR) is 132 cm³/mol. The number of benzene rings is 3. The Hall–Kier alpha value is -4.15. The van der Waals surface area contributed by atoms with Gasteiger partial charge in [0.2, 0.25) is 5.91 Å². The molecule has 33 heavy (non-hydrogen) atoms. The molecule has 0 spiro atoms. The average Bonchev–Trinajstić information content (AvgIpc) is 3.26. The van der Waals surface area contributed by atoms with Gasteiger partial charge < -0.3 is 16.0 Å². The van der Waals surface area contributed by atoms with E-state index in [1.165, 1.54) is 0 Å². The molecule has 0 aliphatic carbocycles. The fraction of sp³-hybridized carbons (Fsp3) is 0.115. The Kier molecular flexibility index (Phi) is 6.98. The molecule has 0 bridgehead atoms. The number of anilines is 1. The van der Waals surface area contributed by atoms with Crippen LogP contribution in [0.5, 0.6) is 0 Å². The Labute approximate surface area is 195 Å². The Balaban J connectivity index is 1.54. The monoisotopic (exact) mass is 454 g/mol. The molecule has 4 aromatic rings. The maximum Gasteiger partial charge on any atom is 0.319 e. The molecule has 0 aliphatic heterocycles. The third-order valence-electron chi connectivity index (χ3n) is 5.21. The summed E-state index contributed by atoms with van der Waals surface area (Å²) in [7, 11) is 0. The predicted octanol–water partition coefficient (Wildman–Crippen LogP) is 4.94. The lowest BCUT2D eigenvalue weighted by atomic mass is 10.0. The van der Waals surface area contributed by atoms with Crippen molar-refractivity contribution in [2.24, 2.45) is 0 Å². The maximum atomic E-state index is 12.9. The zero-order valence-corrected chi connectivity index (χ0v) is 18.6. The first-order valence-electron chi connectivity index (χ1n) is 10.5. The number of hydrogen-bond donors (Lipinski definition) is 3. The van der Waals surface area contributed by atoms with Gasteiger partial charge in [0.05, 0.1) is 11.8 Å². The second-order valence-corrected chi connectivity index (χ2v) is 8.31. The number of rotatable bonds is 7. The number of nitrogens with zero attached hydrogens (tertiary/aromatic N) is 1. The van der Waals surface area contributed by atoms with E-state index in [-0.39, 0.29) is 6.54 Å². The lowest BCUT2D eigenvalue weighted by Crippen LogP contribution is -2.49. The van der Waals surface area contributed by atoms with Crippen LogP contribution >= 0.6 is 11.3 Å². The Morgan fingerprint density at radius 1 is 0.939 bits per heavy atom. The molecule has 0 saturated heterocycles. The van der Waals surface area contributed by atoms with Gasteiger partial charge >= 0.3 is 6.03 Å². The smallest absolute Gasteiger partial charge is 0.319 e. The molecule has 3 N–H and O–H groups in total. The normalized spacial score (nSPS) is 11.4. The molecular weight excluding hydrogens is 432 g/mol. The summed E-state index contributed by atoms with van der Waals surface area (Å²) in [6.45, 7) is -0.125. The zero-order valence-electron chi connectivity index (χ0n) is 17.7. The van der Waals surface area contributed by atoms with Crippen LogP contribution < -0.4 is 16.0 Å². The van der Waals surface area contributed by atoms with Crippen molar-refractivity contribution in [1.82, 2.24) is 10.6 Å². The molecule has 1 aromatic heterocycles. The minimum atomic E-state index is -0.833. The molecule has 0 fully saturated rings. The van der Waals surface area contributed by atoms with Crippen molar-refractivity contribution in [3.05, 3.63) is 89.8 Å². The van der Waals surface area contributed by atoms with E-state index in [1.54, 1.807) is 11.3 Å². The van der Waals surface area contributed by atoms with Crippen molar-refractivity contribution in [2.75, 3.05) is 11.9 Å². The van der Waals surface area contributed by atoms with Crippen LogP contribution in [0.15, 0.2) is 84.2 Å². The van der Waals surface area contributed by atoms with Crippen LogP contribution in [0.3, 0.4) is 0 Å². The topological polar surface area (TPSA) is 94.0 Å². The van der Waals surface area contributed by atoms with Gasteiger partial charge in [0.25, 0.3) is 0 Å². The first-order chi connectivity index (χ1) is 16.2. The van der Waals surface area contributed by atoms with Crippen LogP contribution in [0, 0.1) is 11.3 Å². The molecule has 0 saturated carbocycles. The molecular formula is C26H22N4O2S. The summed E-state index contributed by atoms with van der Waals surface area (Å²) in [4.78, 5) is 25.7. The molecule has 1 heterocycles. The van der Waals surface area contributed by atoms with E-state index in [9.17, 15) is 9.59 Å². The fourth-order valence-electron chi connectivity index (χ4n) is 3.65. The highest BCUT2D eigenvalue weighted by Crippen LogP contribution is 2.28. The van der Waals surface area contributed by atoms with E-state index in [0.717, 1.165) is 26.8 Å². The lowest BCUT2D eigenvalue weighted by Gasteiger charge is -2.19. The first-order valence-corrected chi connectivity index (χ1v) is 11.4. The zero-order chi connectivity index (χ0) is 23.0. The highest BCUT2D eigenvalue weighted by molar-refractivity contribution is 7.17. The minimum Gasteiger partial charge on any atom is -0.341 e. The van der Waals surface area contributed by atoms with Crippen molar-refractivity contribution in [3.63, 3.8) is 0 Å². The van der Waals surface area contributed by atoms with Crippen LogP contribution in [-0.4, -0.2) is 24.5 Å². The summed E-state index contributed by atoms with van der Waals surface area (Å²) in [5.74, 6) is -0.404. The number of nitrogens with one attached hydrogen (secondary N) is 3. The Bertz CT molecular complexity index is 1310. The van der Waals surface area contributed by atoms with Crippen LogP contribution in [-0.2, 0) is 11.2 Å². The molecule has 4 rings (SSSR count). The number of urea groups is 1. The molecule has 6 nitrogen and oxygen atoms in total. The Morgan fingerprint density at radius 2 is 1.67 bits per heavy atom. The second-order valence-electron chi connectivity index (χ2n) is 7.40. The van der Waals surface area contributed by atoms with E-state index in [2.05, 4.69) is 16.0 Å². The van der Waals surface area contributed by atoms with Gasteiger partial charge in [-0.05, 0) is 34.0 Å². The average molecular weight is 455 g/mol. The fourth-order valence-corrected chi connectivity index (χ4v) is 4.62. The van der Waals surface area contributed by atoms with Crippen molar-refractivity contribution < 1.29 is 9.59 Å². The van der Waals surface area contributed by atoms with E-state index >= 15 is 0 Å². The van der Waals surface area contributed by atoms with Crippen LogP contribution in [0.2, 0.25) is 0 Å². The standard InChI is InChI=1S/C26H22N4O2S/c27-14-15-28-25(31)23(16-19-17-33-24-13-7-5-11-21(19)24)30-26(32)29-22-12-6-4-10-20(22)18-8-2-1-3-9-18/h1-13,17,23H,15-16H2,(H,28,31)(H2,29,30,32). The van der Waals surface area contributed by atoms with E-state index in [4.69, 9.17) is 5.26 Å². The quantitative estimate of drug-likeness (QED) is 0.345. The molecule has 1 atom stereocenters. The largest absolute Gasteiger partial charge is 0.341 e. The summed E-state index contributed by atoms with van der Waals surface area (Å²) >= 11 is 1.59. The number of thiophene rings is 1. The van der Waals surface area contributed by atoms with Crippen molar-refractivity contribution in [3.8, 4) is 17.2 Å². The summed E-state index contributed by atoms with van der Waals surface area (Å²) in [5, 5.41) is 20.1. The number of carbonyl (C=O) groups excluding carboxylic acids is 2. The number of fused-ring (bicyclic) bond motifs is 1. The van der Waals surface area contributed by atoms with E-state index in [0.29, 0.717) is 12.1 Å². The number of para-hydroxylation sites is 1. The van der Waals surface area contributed by atoms with Crippen LogP contribution in [0.1, 0.15) is 5.56 Å². The highest BCUT2D eigenvalue weighted by atomic mass is 32.1. The van der Waals surface area contributed by atoms with Gasteiger partial charge in [-0.25, -0.2) is 4.79 Å². The summed E-state index contributed by atoms with van der Waals surface area (Å²) in [6.07, 6.45) is 0.315. The molecule has 0 radical (unpaired) electrons. The van der Waals surface area contributed by atoms with Gasteiger partial charge in [-0.15, -0.1) is 11.3 Å². The summed E-state index contributed by atoms with van der Waals surface area (Å²) in [5.41, 5.74) is 3.46. The van der Waals surface area contributed by atoms with Gasteiger partial charge in [0, 0.05) is 16.7 Å². The van der Waals surface area contributed by atoms with Crippen molar-refractivity contribution in [1.29, 1.82) is 5.26 Å². The third-order valence-corrected chi connectivity index (χ3v) is 6.22. The molecule has 7 heteroatoms. The number of hydrogen-bond acceptors (Lipinski definition) is 4. The molecule has 1 unspecified atom stereocenters. The SMILES string of the molecule is N#CCNC(=O)C(Cc1csc2ccccc12)NC(=O)Nc1ccccc1-c1ccccc1. The van der Waals surface area contributed by atoms with Crippen LogP contribution in [0.25, 0.3) is 21.2 Å². The van der Waals surface area contributed by atoms with Gasteiger partial charge in [-0.3, -0.25) is 4.79 Å². The molecule has 3 aromatic carbocycles. The van der Waals surface area contributed by atoms with E-state index < -0.39 is 18.0 Å². The van der Waals surface area contributed by atoms with E-state index in [1.807, 2.05) is 90.3 Å². The minimum absolute atomic E-state index is 0.125. The van der Waals surface area contributed by atoms with Gasteiger partial charge in [-0.1, -0.05) is 66.7 Å². The molecule has 0 aliphatic rings. The van der Waals surface area contributed by atoms with Gasteiger partial charge in [0.15, 0.2) is 0 Å². The Morgan fingerprint density at radius 3 is 2.48 bits per heavy atom. The van der Waals surface area contributed by atoms with Crippen LogP contribution in [0.4, 0.5) is 10.5 Å². The first kappa shape index (κ1) is 22.1. The highest BCUT2D eigenvalue weighted by Gasteiger charge is 2.23. The summed E-state index contributed by atoms with van der Waals surface area (Å²) in [6, 6.07) is 25.8. The number of carbonyl (C=O) groups is 2. The number of amides is 3. The number of nitriles is 1. The second kappa shape index (κ2) is 10.4. The third kappa shape index (κ3) is 5.37. The van der Waals surface area contributed by atoms with Crippen molar-refractivity contribution in [2.45, 2.75) is 12.5 Å². The molecule has 3 amide bonds.